The number of rotatable bonds is 4. The predicted molar refractivity (Wildman–Crippen MR) is 84.7 cm³/mol. The molecule has 1 aromatic heterocycles. The fourth-order valence-corrected chi connectivity index (χ4v) is 1.96. The third-order valence-electron chi connectivity index (χ3n) is 2.93. The Hall–Kier alpha value is -2.10. The summed E-state index contributed by atoms with van der Waals surface area (Å²) in [5.41, 5.74) is 4.45. The molecule has 2 N–H and O–H groups in total. The lowest BCUT2D eigenvalue weighted by Gasteiger charge is -2.13. The summed E-state index contributed by atoms with van der Waals surface area (Å²) in [7, 11) is 0. The summed E-state index contributed by atoms with van der Waals surface area (Å²) in [6, 6.07) is 8.61. The van der Waals surface area contributed by atoms with Crippen molar-refractivity contribution in [2.45, 2.75) is 40.7 Å². The van der Waals surface area contributed by atoms with Crippen molar-refractivity contribution >= 4 is 17.5 Å². The molecule has 1 heterocycles. The predicted octanol–water partition coefficient (Wildman–Crippen LogP) is 3.97. The van der Waals surface area contributed by atoms with E-state index in [0.717, 1.165) is 17.2 Å². The summed E-state index contributed by atoms with van der Waals surface area (Å²) >= 11 is 0. The molecule has 4 heteroatoms. The van der Waals surface area contributed by atoms with Gasteiger partial charge in [0.25, 0.3) is 0 Å². The van der Waals surface area contributed by atoms with Gasteiger partial charge in [-0.2, -0.15) is 4.98 Å². The molecule has 2 rings (SSSR count). The van der Waals surface area contributed by atoms with E-state index in [4.69, 9.17) is 0 Å². The average molecular weight is 270 g/mol. The quantitative estimate of drug-likeness (QED) is 0.882. The van der Waals surface area contributed by atoms with Crippen molar-refractivity contribution in [1.29, 1.82) is 0 Å². The zero-order chi connectivity index (χ0) is 14.7. The van der Waals surface area contributed by atoms with Crippen molar-refractivity contribution in [3.8, 4) is 0 Å². The van der Waals surface area contributed by atoms with E-state index >= 15 is 0 Å². The first-order valence-electron chi connectivity index (χ1n) is 6.90. The van der Waals surface area contributed by atoms with E-state index in [0.29, 0.717) is 12.0 Å². The fraction of sp³-hybridized carbons (Fsp3) is 0.375. The van der Waals surface area contributed by atoms with Gasteiger partial charge in [0.15, 0.2) is 0 Å². The van der Waals surface area contributed by atoms with Gasteiger partial charge in [0.05, 0.1) is 0 Å². The number of hydrogen-bond donors (Lipinski definition) is 2. The molecule has 0 radical (unpaired) electrons. The SMILES string of the molecule is Cc1ccc(C)c(Nc2cc(C)nc(NC(C)C)n2)c1. The number of nitrogens with one attached hydrogen (secondary N) is 2. The third-order valence-corrected chi connectivity index (χ3v) is 2.93. The van der Waals surface area contributed by atoms with Gasteiger partial charge in [-0.3, -0.25) is 0 Å². The highest BCUT2D eigenvalue weighted by atomic mass is 15.1. The summed E-state index contributed by atoms with van der Waals surface area (Å²) in [5, 5.41) is 6.61. The highest BCUT2D eigenvalue weighted by Gasteiger charge is 2.05. The van der Waals surface area contributed by atoms with E-state index < -0.39 is 0 Å². The van der Waals surface area contributed by atoms with Crippen molar-refractivity contribution in [2.24, 2.45) is 0 Å². The van der Waals surface area contributed by atoms with Crippen molar-refractivity contribution in [3.05, 3.63) is 41.1 Å². The lowest BCUT2D eigenvalue weighted by molar-refractivity contribution is 0.871. The largest absolute Gasteiger partial charge is 0.352 e. The Balaban J connectivity index is 2.28. The first kappa shape index (κ1) is 14.3. The molecule has 0 aliphatic carbocycles. The molecule has 0 saturated heterocycles. The molecular weight excluding hydrogens is 248 g/mol. The van der Waals surface area contributed by atoms with Crippen LogP contribution < -0.4 is 10.6 Å². The van der Waals surface area contributed by atoms with E-state index in [2.05, 4.69) is 66.5 Å². The summed E-state index contributed by atoms with van der Waals surface area (Å²) in [4.78, 5) is 8.90. The molecule has 106 valence electrons. The lowest BCUT2D eigenvalue weighted by Crippen LogP contribution is -2.13. The van der Waals surface area contributed by atoms with E-state index in [-0.39, 0.29) is 0 Å². The molecule has 20 heavy (non-hydrogen) atoms. The van der Waals surface area contributed by atoms with Crippen molar-refractivity contribution in [1.82, 2.24) is 9.97 Å². The Morgan fingerprint density at radius 2 is 1.75 bits per heavy atom. The van der Waals surface area contributed by atoms with Crippen LogP contribution in [-0.2, 0) is 0 Å². The molecule has 0 amide bonds. The van der Waals surface area contributed by atoms with E-state index in [1.54, 1.807) is 0 Å². The van der Waals surface area contributed by atoms with Crippen LogP contribution in [0.5, 0.6) is 0 Å². The normalized spacial score (nSPS) is 10.7. The number of aromatic nitrogens is 2. The average Bonchev–Trinajstić information content (AvgIpc) is 2.32. The third kappa shape index (κ3) is 3.70. The van der Waals surface area contributed by atoms with Crippen LogP contribution in [0.2, 0.25) is 0 Å². The summed E-state index contributed by atoms with van der Waals surface area (Å²) in [5.74, 6) is 1.47. The maximum Gasteiger partial charge on any atom is 0.225 e. The van der Waals surface area contributed by atoms with Gasteiger partial charge in [0, 0.05) is 23.5 Å². The molecule has 4 nitrogen and oxygen atoms in total. The van der Waals surface area contributed by atoms with Crippen molar-refractivity contribution < 1.29 is 0 Å². The van der Waals surface area contributed by atoms with Gasteiger partial charge in [-0.15, -0.1) is 0 Å². The second-order valence-electron chi connectivity index (χ2n) is 5.46. The van der Waals surface area contributed by atoms with Crippen LogP contribution in [0, 0.1) is 20.8 Å². The number of hydrogen-bond acceptors (Lipinski definition) is 4. The molecule has 0 atom stereocenters. The van der Waals surface area contributed by atoms with Crippen LogP contribution in [0.4, 0.5) is 17.5 Å². The van der Waals surface area contributed by atoms with Crippen LogP contribution >= 0.6 is 0 Å². The second-order valence-corrected chi connectivity index (χ2v) is 5.46. The van der Waals surface area contributed by atoms with Crippen molar-refractivity contribution in [3.63, 3.8) is 0 Å². The maximum atomic E-state index is 4.51. The Morgan fingerprint density at radius 1 is 1.00 bits per heavy atom. The van der Waals surface area contributed by atoms with E-state index in [1.165, 1.54) is 11.1 Å². The number of anilines is 3. The number of nitrogens with zero attached hydrogens (tertiary/aromatic N) is 2. The van der Waals surface area contributed by atoms with E-state index in [1.807, 2.05) is 13.0 Å². The standard InChI is InChI=1S/C16H22N4/c1-10(2)17-16-18-13(5)9-15(20-16)19-14-8-11(3)6-7-12(14)4/h6-10H,1-5H3,(H2,17,18,19,20). The topological polar surface area (TPSA) is 49.8 Å². The van der Waals surface area contributed by atoms with E-state index in [9.17, 15) is 0 Å². The zero-order valence-corrected chi connectivity index (χ0v) is 12.8. The molecule has 0 fully saturated rings. The van der Waals surface area contributed by atoms with Gasteiger partial charge in [-0.05, 0) is 51.8 Å². The molecule has 2 aromatic rings. The van der Waals surface area contributed by atoms with Gasteiger partial charge in [-0.25, -0.2) is 4.98 Å². The fourth-order valence-electron chi connectivity index (χ4n) is 1.96. The maximum absolute atomic E-state index is 4.51. The molecule has 0 unspecified atom stereocenters. The smallest absolute Gasteiger partial charge is 0.225 e. The highest BCUT2D eigenvalue weighted by Crippen LogP contribution is 2.21. The Kier molecular flexibility index (Phi) is 4.23. The molecule has 0 bridgehead atoms. The zero-order valence-electron chi connectivity index (χ0n) is 12.8. The van der Waals surface area contributed by atoms with Crippen LogP contribution in [0.3, 0.4) is 0 Å². The molecule has 0 aliphatic heterocycles. The van der Waals surface area contributed by atoms with Gasteiger partial charge < -0.3 is 10.6 Å². The second kappa shape index (κ2) is 5.90. The van der Waals surface area contributed by atoms with Gasteiger partial charge in [-0.1, -0.05) is 12.1 Å². The Labute approximate surface area is 120 Å². The number of aryl methyl sites for hydroxylation is 3. The minimum Gasteiger partial charge on any atom is -0.352 e. The Morgan fingerprint density at radius 3 is 2.45 bits per heavy atom. The molecule has 0 aliphatic rings. The minimum absolute atomic E-state index is 0.311. The van der Waals surface area contributed by atoms with Crippen LogP contribution in [-0.4, -0.2) is 16.0 Å². The molecule has 0 spiro atoms. The highest BCUT2D eigenvalue weighted by molar-refractivity contribution is 5.62. The minimum atomic E-state index is 0.311. The van der Waals surface area contributed by atoms with Crippen LogP contribution in [0.25, 0.3) is 0 Å². The lowest BCUT2D eigenvalue weighted by atomic mass is 10.1. The summed E-state index contributed by atoms with van der Waals surface area (Å²) in [6.45, 7) is 10.3. The first-order chi connectivity index (χ1) is 9.44. The molecule has 1 aromatic carbocycles. The van der Waals surface area contributed by atoms with Gasteiger partial charge in [0.2, 0.25) is 5.95 Å². The number of benzene rings is 1. The molecule has 0 saturated carbocycles. The van der Waals surface area contributed by atoms with Gasteiger partial charge >= 0.3 is 0 Å². The first-order valence-corrected chi connectivity index (χ1v) is 6.90. The van der Waals surface area contributed by atoms with Gasteiger partial charge in [0.1, 0.15) is 5.82 Å². The van der Waals surface area contributed by atoms with Crippen molar-refractivity contribution in [2.75, 3.05) is 10.6 Å². The van der Waals surface area contributed by atoms with Crippen LogP contribution in [0.1, 0.15) is 30.7 Å². The van der Waals surface area contributed by atoms with Crippen LogP contribution in [0.15, 0.2) is 24.3 Å². The summed E-state index contributed by atoms with van der Waals surface area (Å²) < 4.78 is 0. The summed E-state index contributed by atoms with van der Waals surface area (Å²) in [6.07, 6.45) is 0. The Bertz CT molecular complexity index is 605. The molecular formula is C16H22N4. The monoisotopic (exact) mass is 270 g/mol.